The topological polar surface area (TPSA) is 92.7 Å². The van der Waals surface area contributed by atoms with E-state index in [9.17, 15) is 14.4 Å². The summed E-state index contributed by atoms with van der Waals surface area (Å²) >= 11 is 0. The van der Waals surface area contributed by atoms with Gasteiger partial charge in [0.1, 0.15) is 12.6 Å². The SMILES string of the molecule is CCCCCCC/C=C\CCCCCCCC(=O)OC(CCCCCCCCCCCCCCC)CCCCCCCC(=O)NCC(=O)O. The Morgan fingerprint density at radius 2 is 0.878 bits per heavy atom. The van der Waals surface area contributed by atoms with Crippen LogP contribution in [-0.4, -0.2) is 35.6 Å². The first-order valence-corrected chi connectivity index (χ1v) is 21.3. The number of aliphatic carboxylic acids is 1. The third-order valence-corrected chi connectivity index (χ3v) is 9.69. The lowest BCUT2D eigenvalue weighted by Crippen LogP contribution is -2.28. The maximum absolute atomic E-state index is 12.7. The van der Waals surface area contributed by atoms with Gasteiger partial charge in [0.15, 0.2) is 0 Å². The monoisotopic (exact) mass is 692 g/mol. The van der Waals surface area contributed by atoms with Crippen molar-refractivity contribution in [1.82, 2.24) is 5.32 Å². The van der Waals surface area contributed by atoms with Crippen LogP contribution in [0.3, 0.4) is 0 Å². The second kappa shape index (κ2) is 38.9. The van der Waals surface area contributed by atoms with Gasteiger partial charge in [-0.3, -0.25) is 14.4 Å². The molecule has 0 aromatic heterocycles. The molecule has 6 nitrogen and oxygen atoms in total. The summed E-state index contributed by atoms with van der Waals surface area (Å²) in [5.41, 5.74) is 0. The highest BCUT2D eigenvalue weighted by Crippen LogP contribution is 2.19. The standard InChI is InChI=1S/C43H81NO5/c1-3-5-7-9-11-13-15-17-19-21-23-25-30-34-38-43(48)49-40(36-32-28-26-29-33-37-41(45)44-39-42(46)47)35-31-27-24-22-20-18-16-14-12-10-8-6-4-2/h15,17,40H,3-14,16,18-39H2,1-2H3,(H,44,45)(H,46,47)/b17-15-. The number of carboxylic acids is 1. The molecule has 0 aliphatic carbocycles. The lowest BCUT2D eigenvalue weighted by Gasteiger charge is -2.18. The van der Waals surface area contributed by atoms with Crippen molar-refractivity contribution in [2.24, 2.45) is 0 Å². The third-order valence-electron chi connectivity index (χ3n) is 9.69. The molecular weight excluding hydrogens is 610 g/mol. The van der Waals surface area contributed by atoms with E-state index in [0.29, 0.717) is 12.8 Å². The molecule has 0 aromatic carbocycles. The zero-order valence-electron chi connectivity index (χ0n) is 32.6. The zero-order valence-corrected chi connectivity index (χ0v) is 32.6. The molecule has 0 radical (unpaired) electrons. The molecule has 6 heteroatoms. The number of unbranched alkanes of at least 4 members (excludes halogenated alkanes) is 26. The van der Waals surface area contributed by atoms with E-state index in [1.165, 1.54) is 141 Å². The van der Waals surface area contributed by atoms with Gasteiger partial charge in [0.2, 0.25) is 5.91 Å². The third kappa shape index (κ3) is 38.8. The first kappa shape index (κ1) is 47.1. The Morgan fingerprint density at radius 3 is 1.31 bits per heavy atom. The lowest BCUT2D eigenvalue weighted by atomic mass is 10.0. The van der Waals surface area contributed by atoms with Crippen molar-refractivity contribution in [3.63, 3.8) is 0 Å². The maximum atomic E-state index is 12.7. The second-order valence-corrected chi connectivity index (χ2v) is 14.6. The molecule has 0 bridgehead atoms. The minimum absolute atomic E-state index is 0.0195. The van der Waals surface area contributed by atoms with Crippen molar-refractivity contribution < 1.29 is 24.2 Å². The van der Waals surface area contributed by atoms with Gasteiger partial charge in [-0.05, 0) is 64.2 Å². The molecule has 2 N–H and O–H groups in total. The molecule has 0 aliphatic rings. The fraction of sp³-hybridized carbons (Fsp3) is 0.884. The van der Waals surface area contributed by atoms with Crippen LogP contribution < -0.4 is 5.32 Å². The summed E-state index contributed by atoms with van der Waals surface area (Å²) < 4.78 is 6.03. The highest BCUT2D eigenvalue weighted by atomic mass is 16.5. The van der Waals surface area contributed by atoms with Crippen molar-refractivity contribution in [1.29, 1.82) is 0 Å². The molecule has 0 rings (SSSR count). The Labute approximate surface area is 303 Å². The van der Waals surface area contributed by atoms with Gasteiger partial charge in [-0.25, -0.2) is 0 Å². The quantitative estimate of drug-likeness (QED) is 0.0380. The molecule has 288 valence electrons. The van der Waals surface area contributed by atoms with Crippen molar-refractivity contribution in [2.45, 2.75) is 238 Å². The highest BCUT2D eigenvalue weighted by molar-refractivity contribution is 5.80. The maximum Gasteiger partial charge on any atom is 0.322 e. The number of carbonyl (C=O) groups excluding carboxylic acids is 2. The van der Waals surface area contributed by atoms with Crippen molar-refractivity contribution in [2.75, 3.05) is 6.54 Å². The summed E-state index contributed by atoms with van der Waals surface area (Å²) in [7, 11) is 0. The fourth-order valence-electron chi connectivity index (χ4n) is 6.51. The van der Waals surface area contributed by atoms with E-state index in [1.54, 1.807) is 0 Å². The molecule has 1 atom stereocenters. The minimum atomic E-state index is -1.01. The van der Waals surface area contributed by atoms with Gasteiger partial charge in [0, 0.05) is 12.8 Å². The van der Waals surface area contributed by atoms with Crippen LogP contribution in [-0.2, 0) is 19.1 Å². The van der Waals surface area contributed by atoms with Crippen LogP contribution >= 0.6 is 0 Å². The Bertz CT molecular complexity index is 767. The van der Waals surface area contributed by atoms with Gasteiger partial charge < -0.3 is 15.2 Å². The van der Waals surface area contributed by atoms with E-state index in [1.807, 2.05) is 0 Å². The van der Waals surface area contributed by atoms with Gasteiger partial charge in [0.25, 0.3) is 0 Å². The number of amides is 1. The first-order valence-electron chi connectivity index (χ1n) is 21.3. The number of ether oxygens (including phenoxy) is 1. The van der Waals surface area contributed by atoms with E-state index in [4.69, 9.17) is 9.84 Å². The largest absolute Gasteiger partial charge is 0.480 e. The van der Waals surface area contributed by atoms with E-state index in [2.05, 4.69) is 31.3 Å². The van der Waals surface area contributed by atoms with Crippen molar-refractivity contribution >= 4 is 17.8 Å². The van der Waals surface area contributed by atoms with Crippen LogP contribution in [0.1, 0.15) is 232 Å². The number of esters is 1. The van der Waals surface area contributed by atoms with Crippen LogP contribution in [0.2, 0.25) is 0 Å². The average Bonchev–Trinajstić information content (AvgIpc) is 3.08. The molecule has 1 unspecified atom stereocenters. The Hall–Kier alpha value is -1.85. The zero-order chi connectivity index (χ0) is 35.9. The molecular formula is C43H81NO5. The second-order valence-electron chi connectivity index (χ2n) is 14.6. The van der Waals surface area contributed by atoms with Crippen molar-refractivity contribution in [3.05, 3.63) is 12.2 Å². The lowest BCUT2D eigenvalue weighted by molar-refractivity contribution is -0.150. The average molecular weight is 692 g/mol. The number of carboxylic acid groups (broad SMARTS) is 1. The molecule has 0 saturated carbocycles. The molecule has 0 heterocycles. The molecule has 1 amide bonds. The predicted octanol–water partition coefficient (Wildman–Crippen LogP) is 13.0. The van der Waals surface area contributed by atoms with E-state index < -0.39 is 5.97 Å². The van der Waals surface area contributed by atoms with Crippen LogP contribution in [0.5, 0.6) is 0 Å². The number of allylic oxidation sites excluding steroid dienone is 2. The number of hydrogen-bond acceptors (Lipinski definition) is 4. The van der Waals surface area contributed by atoms with Gasteiger partial charge in [0.05, 0.1) is 0 Å². The van der Waals surface area contributed by atoms with Gasteiger partial charge in [-0.15, -0.1) is 0 Å². The summed E-state index contributed by atoms with van der Waals surface area (Å²) in [4.78, 5) is 35.0. The number of nitrogens with one attached hydrogen (secondary N) is 1. The van der Waals surface area contributed by atoms with Crippen LogP contribution in [0.25, 0.3) is 0 Å². The number of carbonyl (C=O) groups is 3. The highest BCUT2D eigenvalue weighted by Gasteiger charge is 2.14. The first-order chi connectivity index (χ1) is 24.0. The van der Waals surface area contributed by atoms with Gasteiger partial charge in [-0.2, -0.15) is 0 Å². The fourth-order valence-corrected chi connectivity index (χ4v) is 6.51. The van der Waals surface area contributed by atoms with Gasteiger partial charge in [-0.1, -0.05) is 167 Å². The summed E-state index contributed by atoms with van der Waals surface area (Å²) in [5, 5.41) is 11.1. The molecule has 0 saturated heterocycles. The van der Waals surface area contributed by atoms with Gasteiger partial charge >= 0.3 is 11.9 Å². The number of hydrogen-bond donors (Lipinski definition) is 2. The summed E-state index contributed by atoms with van der Waals surface area (Å²) in [6.45, 7) is 4.23. The Morgan fingerprint density at radius 1 is 0.510 bits per heavy atom. The molecule has 0 aliphatic heterocycles. The van der Waals surface area contributed by atoms with E-state index >= 15 is 0 Å². The molecule has 0 spiro atoms. The normalized spacial score (nSPS) is 12.0. The minimum Gasteiger partial charge on any atom is -0.480 e. The smallest absolute Gasteiger partial charge is 0.322 e. The van der Waals surface area contributed by atoms with E-state index in [-0.39, 0.29) is 24.5 Å². The summed E-state index contributed by atoms with van der Waals surface area (Å²) in [6, 6.07) is 0. The van der Waals surface area contributed by atoms with E-state index in [0.717, 1.165) is 64.2 Å². The van der Waals surface area contributed by atoms with Crippen molar-refractivity contribution in [3.8, 4) is 0 Å². The number of rotatable bonds is 39. The summed E-state index contributed by atoms with van der Waals surface area (Å²) in [5.74, 6) is -1.23. The Balaban J connectivity index is 4.16. The predicted molar refractivity (Wildman–Crippen MR) is 208 cm³/mol. The molecule has 0 fully saturated rings. The van der Waals surface area contributed by atoms with Crippen LogP contribution in [0.15, 0.2) is 12.2 Å². The van der Waals surface area contributed by atoms with Crippen LogP contribution in [0, 0.1) is 0 Å². The van der Waals surface area contributed by atoms with Crippen LogP contribution in [0.4, 0.5) is 0 Å². The molecule has 0 aromatic rings. The molecule has 49 heavy (non-hydrogen) atoms. The Kier molecular flexibility index (Phi) is 37.5. The summed E-state index contributed by atoms with van der Waals surface area (Å²) in [6.07, 6.45) is 44.7.